The summed E-state index contributed by atoms with van der Waals surface area (Å²) in [6.07, 6.45) is -9.99. The highest BCUT2D eigenvalue weighted by Crippen LogP contribution is 2.24. The van der Waals surface area contributed by atoms with Gasteiger partial charge in [-0.25, -0.2) is 0 Å². The molecule has 0 amide bonds. The Bertz CT molecular complexity index is 331. The Balaban J connectivity index is 2.00. The molecule has 0 aromatic heterocycles. The van der Waals surface area contributed by atoms with Gasteiger partial charge in [0, 0.05) is 0 Å². The Hall–Kier alpha value is -0.400. The van der Waals surface area contributed by atoms with Crippen molar-refractivity contribution in [1.82, 2.24) is 5.48 Å². The topological polar surface area (TPSA) is 161 Å². The molecule has 0 aromatic carbocycles. The van der Waals surface area contributed by atoms with Crippen molar-refractivity contribution in [2.24, 2.45) is 0 Å². The molecule has 0 unspecified atom stereocenters. The van der Waals surface area contributed by atoms with Gasteiger partial charge in [-0.3, -0.25) is 4.84 Å². The van der Waals surface area contributed by atoms with Gasteiger partial charge in [0.15, 0.2) is 6.29 Å². The van der Waals surface area contributed by atoms with Gasteiger partial charge in [0.2, 0.25) is 0 Å². The van der Waals surface area contributed by atoms with Crippen molar-refractivity contribution in [2.75, 3.05) is 19.8 Å². The molecule has 0 saturated carbocycles. The Morgan fingerprint density at radius 2 is 1.57 bits per heavy atom. The van der Waals surface area contributed by atoms with Crippen LogP contribution < -0.4 is 5.48 Å². The third-order valence-corrected chi connectivity index (χ3v) is 3.62. The van der Waals surface area contributed by atoms with Gasteiger partial charge >= 0.3 is 0 Å². The lowest BCUT2D eigenvalue weighted by atomic mass is 9.99. The minimum absolute atomic E-state index is 0.0622. The lowest BCUT2D eigenvalue weighted by Gasteiger charge is -2.42. The summed E-state index contributed by atoms with van der Waals surface area (Å²) >= 11 is 0. The smallest absolute Gasteiger partial charge is 0.187 e. The van der Waals surface area contributed by atoms with Crippen molar-refractivity contribution in [3.63, 3.8) is 0 Å². The van der Waals surface area contributed by atoms with Crippen LogP contribution in [0.1, 0.15) is 0 Å². The van der Waals surface area contributed by atoms with E-state index in [0.29, 0.717) is 0 Å². The molecule has 2 fully saturated rings. The fourth-order valence-corrected chi connectivity index (χ4v) is 2.29. The minimum atomic E-state index is -1.56. The molecule has 2 heterocycles. The summed E-state index contributed by atoms with van der Waals surface area (Å²) in [6.45, 7) is -0.950. The van der Waals surface area contributed by atoms with Gasteiger partial charge in [-0.1, -0.05) is 0 Å². The molecule has 2 aliphatic rings. The summed E-state index contributed by atoms with van der Waals surface area (Å²) < 4.78 is 10.6. The van der Waals surface area contributed by atoms with Crippen molar-refractivity contribution < 1.29 is 45.0 Å². The molecular formula is C11H21NO9. The van der Waals surface area contributed by atoms with Crippen molar-refractivity contribution in [1.29, 1.82) is 0 Å². The summed E-state index contributed by atoms with van der Waals surface area (Å²) in [5.41, 5.74) is 2.47. The zero-order valence-electron chi connectivity index (χ0n) is 11.1. The molecule has 0 radical (unpaired) electrons. The van der Waals surface area contributed by atoms with Gasteiger partial charge < -0.3 is 40.1 Å². The van der Waals surface area contributed by atoms with E-state index >= 15 is 0 Å². The molecule has 21 heavy (non-hydrogen) atoms. The van der Waals surface area contributed by atoms with Crippen LogP contribution in [0.4, 0.5) is 0 Å². The zero-order chi connectivity index (χ0) is 15.6. The van der Waals surface area contributed by atoms with Gasteiger partial charge in [-0.05, 0) is 0 Å². The van der Waals surface area contributed by atoms with E-state index in [4.69, 9.17) is 24.5 Å². The van der Waals surface area contributed by atoms with E-state index in [1.807, 2.05) is 0 Å². The molecule has 8 atom stereocenters. The molecule has 2 aliphatic heterocycles. The third kappa shape index (κ3) is 3.51. The highest BCUT2D eigenvalue weighted by molar-refractivity contribution is 4.90. The summed E-state index contributed by atoms with van der Waals surface area (Å²) in [5.74, 6) is 0. The van der Waals surface area contributed by atoms with Crippen LogP contribution in [-0.4, -0.2) is 99.4 Å². The number of hydroxylamine groups is 1. The molecule has 0 aromatic rings. The van der Waals surface area contributed by atoms with E-state index < -0.39 is 62.2 Å². The standard InChI is InChI=1S/C11H21NO9/c13-2-5-8(16)9(17)10(18)11(20-5)19-4-1-12-21-6(3-14)7(4)15/h4-18H,1-3H2/t4-,5-,6-,7+,8-,9+,10-,11-/m1/s1. The minimum Gasteiger partial charge on any atom is -0.394 e. The average molecular weight is 311 g/mol. The lowest BCUT2D eigenvalue weighted by Crippen LogP contribution is -2.62. The Kier molecular flexibility index (Phi) is 5.85. The highest BCUT2D eigenvalue weighted by Gasteiger charge is 2.46. The van der Waals surface area contributed by atoms with Crippen molar-refractivity contribution >= 4 is 0 Å². The zero-order valence-corrected chi connectivity index (χ0v) is 11.1. The first-order chi connectivity index (χ1) is 9.99. The van der Waals surface area contributed by atoms with Crippen LogP contribution in [0, 0.1) is 0 Å². The number of hydrogen-bond donors (Lipinski definition) is 7. The molecule has 7 N–H and O–H groups in total. The van der Waals surface area contributed by atoms with E-state index in [1.54, 1.807) is 0 Å². The van der Waals surface area contributed by atoms with Crippen LogP contribution in [0.25, 0.3) is 0 Å². The molecule has 0 bridgehead atoms. The summed E-state index contributed by atoms with van der Waals surface area (Å²) in [4.78, 5) is 4.90. The first kappa shape index (κ1) is 17.0. The van der Waals surface area contributed by atoms with E-state index in [-0.39, 0.29) is 6.54 Å². The van der Waals surface area contributed by atoms with Crippen LogP contribution in [0.3, 0.4) is 0 Å². The van der Waals surface area contributed by atoms with Crippen molar-refractivity contribution in [3.05, 3.63) is 0 Å². The Labute approximate surface area is 120 Å². The number of aliphatic hydroxyl groups excluding tert-OH is 6. The first-order valence-electron chi connectivity index (χ1n) is 6.63. The summed E-state index contributed by atoms with van der Waals surface area (Å²) in [7, 11) is 0. The predicted octanol–water partition coefficient (Wildman–Crippen LogP) is -4.57. The van der Waals surface area contributed by atoms with Crippen molar-refractivity contribution in [3.8, 4) is 0 Å². The number of rotatable bonds is 4. The van der Waals surface area contributed by atoms with Gasteiger partial charge in [0.05, 0.1) is 19.8 Å². The van der Waals surface area contributed by atoms with E-state index in [1.165, 1.54) is 0 Å². The van der Waals surface area contributed by atoms with E-state index in [2.05, 4.69) is 5.48 Å². The first-order valence-corrected chi connectivity index (χ1v) is 6.63. The molecule has 10 heteroatoms. The highest BCUT2D eigenvalue weighted by atomic mass is 16.7. The number of aliphatic hydroxyl groups is 6. The van der Waals surface area contributed by atoms with Crippen LogP contribution in [0.15, 0.2) is 0 Å². The van der Waals surface area contributed by atoms with E-state index in [0.717, 1.165) is 0 Å². The van der Waals surface area contributed by atoms with Crippen LogP contribution >= 0.6 is 0 Å². The molecule has 0 aliphatic carbocycles. The van der Waals surface area contributed by atoms with Gasteiger partial charge in [-0.15, -0.1) is 0 Å². The van der Waals surface area contributed by atoms with Crippen molar-refractivity contribution in [2.45, 2.75) is 49.0 Å². The quantitative estimate of drug-likeness (QED) is 0.269. The fourth-order valence-electron chi connectivity index (χ4n) is 2.29. The normalized spacial score (nSPS) is 48.3. The van der Waals surface area contributed by atoms with Gasteiger partial charge in [0.25, 0.3) is 0 Å². The molecule has 10 nitrogen and oxygen atoms in total. The molecule has 0 spiro atoms. The predicted molar refractivity (Wildman–Crippen MR) is 64.6 cm³/mol. The largest absolute Gasteiger partial charge is 0.394 e. The Morgan fingerprint density at radius 1 is 0.905 bits per heavy atom. The maximum atomic E-state index is 9.94. The van der Waals surface area contributed by atoms with Gasteiger partial charge in [-0.2, -0.15) is 5.48 Å². The molecule has 124 valence electrons. The average Bonchev–Trinajstić information content (AvgIpc) is 2.49. The number of nitrogens with one attached hydrogen (secondary N) is 1. The maximum Gasteiger partial charge on any atom is 0.187 e. The Morgan fingerprint density at radius 3 is 2.19 bits per heavy atom. The second-order valence-corrected chi connectivity index (χ2v) is 5.05. The van der Waals surface area contributed by atoms with Gasteiger partial charge in [0.1, 0.15) is 42.7 Å². The van der Waals surface area contributed by atoms with Crippen LogP contribution in [0.2, 0.25) is 0 Å². The van der Waals surface area contributed by atoms with Crippen LogP contribution in [-0.2, 0) is 14.3 Å². The number of ether oxygens (including phenoxy) is 2. The summed E-state index contributed by atoms with van der Waals surface area (Å²) in [6, 6.07) is 0. The van der Waals surface area contributed by atoms with Crippen LogP contribution in [0.5, 0.6) is 0 Å². The molecular weight excluding hydrogens is 290 g/mol. The maximum absolute atomic E-state index is 9.94. The SMILES string of the molecule is OC[C@H]1ONC[C@@H](O[C@@H]2O[C@H](CO)[C@@H](O)[C@H](O)[C@H]2O)[C@@H]1O. The van der Waals surface area contributed by atoms with E-state index in [9.17, 15) is 20.4 Å². The second kappa shape index (κ2) is 7.24. The fraction of sp³-hybridized carbons (Fsp3) is 1.00. The molecule has 2 rings (SSSR count). The second-order valence-electron chi connectivity index (χ2n) is 5.05. The summed E-state index contributed by atoms with van der Waals surface area (Å²) in [5, 5.41) is 57.2. The monoisotopic (exact) mass is 311 g/mol. The molecule has 2 saturated heterocycles. The third-order valence-electron chi connectivity index (χ3n) is 3.62. The lowest BCUT2D eigenvalue weighted by molar-refractivity contribution is -0.327. The number of hydrogen-bond acceptors (Lipinski definition) is 10.